The molecule has 2 aliphatic rings. The molecule has 1 N–H and O–H groups in total. The molecule has 176 valence electrons. The molecule has 1 unspecified atom stereocenters. The molecule has 1 aromatic carbocycles. The average Bonchev–Trinajstić information content (AvgIpc) is 3.50. The Balaban J connectivity index is 1.48. The van der Waals surface area contributed by atoms with Gasteiger partial charge in [0.05, 0.1) is 21.5 Å². The smallest absolute Gasteiger partial charge is 0.315 e. The summed E-state index contributed by atoms with van der Waals surface area (Å²) in [6, 6.07) is 5.67. The highest BCUT2D eigenvalue weighted by Gasteiger charge is 2.61. The van der Waals surface area contributed by atoms with E-state index in [0.29, 0.717) is 26.3 Å². The van der Waals surface area contributed by atoms with E-state index >= 15 is 0 Å². The van der Waals surface area contributed by atoms with Gasteiger partial charge in [-0.2, -0.15) is 13.2 Å². The Morgan fingerprint density at radius 1 is 1.27 bits per heavy atom. The SMILES string of the molecule is Cc1nc(CC2=CC=CC(C(F)(F)F)C2)sc1NC(=O)C1(S(=O)(=O)c2ccc(Cl)cc2)CC1. The molecule has 1 heterocycles. The van der Waals surface area contributed by atoms with E-state index in [2.05, 4.69) is 10.3 Å². The van der Waals surface area contributed by atoms with Crippen LogP contribution < -0.4 is 5.32 Å². The summed E-state index contributed by atoms with van der Waals surface area (Å²) >= 11 is 6.98. The molecule has 33 heavy (non-hydrogen) atoms. The predicted molar refractivity (Wildman–Crippen MR) is 121 cm³/mol. The maximum absolute atomic E-state index is 13.1. The van der Waals surface area contributed by atoms with Gasteiger partial charge in [0.15, 0.2) is 14.6 Å². The number of hydrogen-bond acceptors (Lipinski definition) is 5. The standard InChI is InChI=1S/C22H20ClF3N2O3S2/c1-13-19(32-18(27-13)12-14-3-2-4-15(11-14)22(24,25)26)28-20(29)21(9-10-21)33(30,31)17-7-5-16(23)6-8-17/h2-8,15H,9-12H2,1H3,(H,28,29). The van der Waals surface area contributed by atoms with Crippen molar-refractivity contribution in [1.29, 1.82) is 0 Å². The molecule has 1 aromatic heterocycles. The summed E-state index contributed by atoms with van der Waals surface area (Å²) in [7, 11) is -3.92. The minimum absolute atomic E-state index is 0.0257. The van der Waals surface area contributed by atoms with Crippen LogP contribution in [0.15, 0.2) is 53.0 Å². The van der Waals surface area contributed by atoms with Gasteiger partial charge in [-0.25, -0.2) is 13.4 Å². The normalized spacial score (nSPS) is 19.8. The molecule has 11 heteroatoms. The van der Waals surface area contributed by atoms with Gasteiger partial charge in [0.25, 0.3) is 0 Å². The van der Waals surface area contributed by atoms with Crippen LogP contribution in [0.3, 0.4) is 0 Å². The Kier molecular flexibility index (Phi) is 6.22. The van der Waals surface area contributed by atoms with Crippen LogP contribution in [-0.4, -0.2) is 30.2 Å². The van der Waals surface area contributed by atoms with Gasteiger partial charge in [0.1, 0.15) is 5.00 Å². The zero-order valence-corrected chi connectivity index (χ0v) is 19.8. The van der Waals surface area contributed by atoms with Crippen LogP contribution in [0.1, 0.15) is 30.0 Å². The lowest BCUT2D eigenvalue weighted by molar-refractivity contribution is -0.161. The number of thiazole rings is 1. The lowest BCUT2D eigenvalue weighted by Gasteiger charge is -2.20. The number of anilines is 1. The Morgan fingerprint density at radius 3 is 2.55 bits per heavy atom. The van der Waals surface area contributed by atoms with E-state index in [0.717, 1.165) is 17.4 Å². The van der Waals surface area contributed by atoms with Gasteiger partial charge in [0, 0.05) is 11.4 Å². The van der Waals surface area contributed by atoms with Crippen molar-refractivity contribution in [3.8, 4) is 0 Å². The first-order valence-corrected chi connectivity index (χ1v) is 12.8. The number of benzene rings is 1. The second kappa shape index (κ2) is 8.56. The van der Waals surface area contributed by atoms with Crippen LogP contribution in [0.5, 0.6) is 0 Å². The number of amides is 1. The minimum Gasteiger partial charge on any atom is -0.315 e. The van der Waals surface area contributed by atoms with Crippen LogP contribution >= 0.6 is 22.9 Å². The van der Waals surface area contributed by atoms with E-state index < -0.39 is 32.6 Å². The van der Waals surface area contributed by atoms with Crippen LogP contribution in [0.25, 0.3) is 0 Å². The summed E-state index contributed by atoms with van der Waals surface area (Å²) in [5, 5.41) is 4.03. The van der Waals surface area contributed by atoms with Crippen LogP contribution in [0.2, 0.25) is 5.02 Å². The fourth-order valence-corrected chi connectivity index (χ4v) is 6.75. The molecule has 0 spiro atoms. The number of sulfone groups is 1. The number of halogens is 4. The molecular weight excluding hydrogens is 497 g/mol. The first-order chi connectivity index (χ1) is 15.4. The van der Waals surface area contributed by atoms with Crippen molar-refractivity contribution >= 4 is 43.7 Å². The number of rotatable bonds is 6. The number of alkyl halides is 3. The minimum atomic E-state index is -4.30. The van der Waals surface area contributed by atoms with Gasteiger partial charge in [-0.15, -0.1) is 11.3 Å². The third kappa shape index (κ3) is 4.74. The van der Waals surface area contributed by atoms with E-state index in [1.807, 2.05) is 0 Å². The molecule has 1 amide bonds. The summed E-state index contributed by atoms with van der Waals surface area (Å²) in [4.78, 5) is 17.4. The number of carbonyl (C=O) groups is 1. The van der Waals surface area contributed by atoms with Crippen LogP contribution in [0, 0.1) is 12.8 Å². The van der Waals surface area contributed by atoms with Crippen molar-refractivity contribution in [2.24, 2.45) is 5.92 Å². The molecule has 0 radical (unpaired) electrons. The van der Waals surface area contributed by atoms with Crippen LogP contribution in [-0.2, 0) is 21.1 Å². The maximum Gasteiger partial charge on any atom is 0.395 e. The number of aryl methyl sites for hydroxylation is 1. The number of hydrogen-bond donors (Lipinski definition) is 1. The van der Waals surface area contributed by atoms with Crippen molar-refractivity contribution in [2.45, 2.75) is 48.4 Å². The summed E-state index contributed by atoms with van der Waals surface area (Å²) in [5.74, 6) is -2.15. The highest BCUT2D eigenvalue weighted by atomic mass is 35.5. The Hall–Kier alpha value is -2.17. The number of allylic oxidation sites excluding steroid dienone is 4. The highest BCUT2D eigenvalue weighted by molar-refractivity contribution is 7.94. The van der Waals surface area contributed by atoms with E-state index in [4.69, 9.17) is 11.6 Å². The third-order valence-corrected chi connectivity index (χ3v) is 9.62. The van der Waals surface area contributed by atoms with Gasteiger partial charge in [-0.05, 0) is 50.5 Å². The third-order valence-electron chi connectivity index (χ3n) is 5.78. The molecule has 1 fully saturated rings. The van der Waals surface area contributed by atoms with Gasteiger partial charge < -0.3 is 5.32 Å². The monoisotopic (exact) mass is 516 g/mol. The second-order valence-electron chi connectivity index (χ2n) is 8.17. The Bertz CT molecular complexity index is 1240. The average molecular weight is 517 g/mol. The van der Waals surface area contributed by atoms with Gasteiger partial charge in [-0.3, -0.25) is 4.79 Å². The molecule has 1 atom stereocenters. The van der Waals surface area contributed by atoms with E-state index in [1.165, 1.54) is 30.3 Å². The van der Waals surface area contributed by atoms with E-state index in [9.17, 15) is 26.4 Å². The van der Waals surface area contributed by atoms with Gasteiger partial charge in [0.2, 0.25) is 5.91 Å². The van der Waals surface area contributed by atoms with Crippen LogP contribution in [0.4, 0.5) is 18.2 Å². The van der Waals surface area contributed by atoms with E-state index in [-0.39, 0.29) is 30.6 Å². The number of aromatic nitrogens is 1. The lowest BCUT2D eigenvalue weighted by Crippen LogP contribution is -2.37. The Morgan fingerprint density at radius 2 is 1.94 bits per heavy atom. The fourth-order valence-electron chi connectivity index (χ4n) is 3.73. The molecule has 0 bridgehead atoms. The van der Waals surface area contributed by atoms with Crippen molar-refractivity contribution in [3.63, 3.8) is 0 Å². The summed E-state index contributed by atoms with van der Waals surface area (Å²) < 4.78 is 63.7. The van der Waals surface area contributed by atoms with Crippen molar-refractivity contribution in [2.75, 3.05) is 5.32 Å². The molecule has 0 aliphatic heterocycles. The summed E-state index contributed by atoms with van der Waals surface area (Å²) in [6.07, 6.45) is 0.378. The van der Waals surface area contributed by atoms with Crippen molar-refractivity contribution in [1.82, 2.24) is 4.98 Å². The molecule has 2 aliphatic carbocycles. The Labute approximate surface area is 198 Å². The maximum atomic E-state index is 13.1. The summed E-state index contributed by atoms with van der Waals surface area (Å²) in [6.45, 7) is 1.66. The molecule has 1 saturated carbocycles. The predicted octanol–water partition coefficient (Wildman–Crippen LogP) is 5.66. The van der Waals surface area contributed by atoms with Gasteiger partial charge in [-0.1, -0.05) is 35.4 Å². The zero-order valence-electron chi connectivity index (χ0n) is 17.4. The summed E-state index contributed by atoms with van der Waals surface area (Å²) in [5.41, 5.74) is 1.08. The first kappa shape index (κ1) is 24.0. The molecule has 5 nitrogen and oxygen atoms in total. The second-order valence-corrected chi connectivity index (χ2v) is 11.9. The topological polar surface area (TPSA) is 76.1 Å². The van der Waals surface area contributed by atoms with Crippen molar-refractivity contribution < 1.29 is 26.4 Å². The van der Waals surface area contributed by atoms with Crippen molar-refractivity contribution in [3.05, 3.63) is 63.8 Å². The first-order valence-electron chi connectivity index (χ1n) is 10.1. The van der Waals surface area contributed by atoms with Gasteiger partial charge >= 0.3 is 6.18 Å². The largest absolute Gasteiger partial charge is 0.395 e. The molecular formula is C22H20ClF3N2O3S2. The number of nitrogens with one attached hydrogen (secondary N) is 1. The zero-order chi connectivity index (χ0) is 24.0. The lowest BCUT2D eigenvalue weighted by atomic mass is 9.92. The molecule has 2 aromatic rings. The van der Waals surface area contributed by atoms with E-state index in [1.54, 1.807) is 13.0 Å². The highest BCUT2D eigenvalue weighted by Crippen LogP contribution is 2.48. The number of carbonyl (C=O) groups excluding carboxylic acids is 1. The molecule has 4 rings (SSSR count). The molecule has 0 saturated heterocycles. The quantitative estimate of drug-likeness (QED) is 0.537. The fraction of sp³-hybridized carbons (Fsp3) is 0.364. The number of nitrogens with zero attached hydrogens (tertiary/aromatic N) is 1.